The van der Waals surface area contributed by atoms with Crippen LogP contribution in [0.25, 0.3) is 12.2 Å². The molecule has 130 valence electrons. The molecular formula is C24H20Br2. The van der Waals surface area contributed by atoms with Crippen LogP contribution >= 0.6 is 31.9 Å². The number of rotatable bonds is 2. The maximum absolute atomic E-state index is 3.71. The normalized spacial score (nSPS) is 14.5. The monoisotopic (exact) mass is 466 g/mol. The van der Waals surface area contributed by atoms with Gasteiger partial charge in [0.2, 0.25) is 0 Å². The third kappa shape index (κ3) is 2.71. The third-order valence-electron chi connectivity index (χ3n) is 5.53. The second-order valence-corrected chi connectivity index (χ2v) is 8.70. The highest BCUT2D eigenvalue weighted by Crippen LogP contribution is 2.49. The van der Waals surface area contributed by atoms with Gasteiger partial charge in [-0.05, 0) is 71.0 Å². The Morgan fingerprint density at radius 2 is 1.27 bits per heavy atom. The second kappa shape index (κ2) is 6.83. The summed E-state index contributed by atoms with van der Waals surface area (Å²) in [7, 11) is 0. The fourth-order valence-corrected chi connectivity index (χ4v) is 5.05. The highest BCUT2D eigenvalue weighted by atomic mass is 79.9. The van der Waals surface area contributed by atoms with Crippen molar-refractivity contribution in [3.05, 3.63) is 103 Å². The van der Waals surface area contributed by atoms with E-state index in [0.717, 1.165) is 15.4 Å². The van der Waals surface area contributed by atoms with E-state index in [4.69, 9.17) is 0 Å². The summed E-state index contributed by atoms with van der Waals surface area (Å²) in [4.78, 5) is 0. The standard InChI is InChI=1S/C24H20Br2/c1-3-24(21-7-5-4-6-16(21)2)22-14-19(25)12-10-17(22)8-9-18-11-13-20(26)15-23(18)24/h4-15H,3H2,1-2H3. The number of hydrogen-bond acceptors (Lipinski definition) is 0. The smallest absolute Gasteiger partial charge is 0.0464 e. The fourth-order valence-electron chi connectivity index (χ4n) is 4.32. The average molecular weight is 468 g/mol. The van der Waals surface area contributed by atoms with E-state index in [2.05, 4.69) is 119 Å². The Morgan fingerprint density at radius 1 is 0.731 bits per heavy atom. The minimum absolute atomic E-state index is 0.187. The van der Waals surface area contributed by atoms with Crippen LogP contribution in [0.1, 0.15) is 46.7 Å². The molecule has 0 N–H and O–H groups in total. The molecule has 3 aromatic rings. The SMILES string of the molecule is CCC1(c2ccccc2C)c2cc(Br)ccc2C=Cc2ccc(Br)cc21. The van der Waals surface area contributed by atoms with Crippen LogP contribution in [-0.2, 0) is 5.41 Å². The van der Waals surface area contributed by atoms with Gasteiger partial charge in [-0.1, -0.05) is 87.3 Å². The minimum Gasteiger partial charge on any atom is -0.0639 e. The quantitative estimate of drug-likeness (QED) is 0.361. The topological polar surface area (TPSA) is 0 Å². The van der Waals surface area contributed by atoms with E-state index < -0.39 is 0 Å². The molecule has 0 atom stereocenters. The van der Waals surface area contributed by atoms with Gasteiger partial charge in [-0.3, -0.25) is 0 Å². The van der Waals surface area contributed by atoms with Gasteiger partial charge in [-0.25, -0.2) is 0 Å². The lowest BCUT2D eigenvalue weighted by Crippen LogP contribution is -2.31. The van der Waals surface area contributed by atoms with Crippen molar-refractivity contribution < 1.29 is 0 Å². The number of aryl methyl sites for hydroxylation is 1. The van der Waals surface area contributed by atoms with Crippen molar-refractivity contribution in [2.24, 2.45) is 0 Å². The molecule has 0 fully saturated rings. The number of fused-ring (bicyclic) bond motifs is 2. The Balaban J connectivity index is 2.19. The highest BCUT2D eigenvalue weighted by molar-refractivity contribution is 9.10. The Hall–Kier alpha value is -1.64. The molecule has 0 saturated heterocycles. The van der Waals surface area contributed by atoms with Gasteiger partial charge in [0, 0.05) is 14.4 Å². The summed E-state index contributed by atoms with van der Waals surface area (Å²) in [6.07, 6.45) is 5.50. The molecule has 1 aliphatic rings. The molecule has 0 spiro atoms. The summed E-state index contributed by atoms with van der Waals surface area (Å²) in [5, 5.41) is 0. The molecule has 0 unspecified atom stereocenters. The van der Waals surface area contributed by atoms with Crippen LogP contribution < -0.4 is 0 Å². The van der Waals surface area contributed by atoms with E-state index in [0.29, 0.717) is 0 Å². The number of halogens is 2. The number of benzene rings is 3. The van der Waals surface area contributed by atoms with Crippen LogP contribution in [0.5, 0.6) is 0 Å². The van der Waals surface area contributed by atoms with Crippen molar-refractivity contribution in [2.75, 3.05) is 0 Å². The fraction of sp³-hybridized carbons (Fsp3) is 0.167. The first-order chi connectivity index (χ1) is 12.6. The van der Waals surface area contributed by atoms with Gasteiger partial charge in [0.25, 0.3) is 0 Å². The highest BCUT2D eigenvalue weighted by Gasteiger charge is 2.39. The van der Waals surface area contributed by atoms with Crippen molar-refractivity contribution >= 4 is 44.0 Å². The molecule has 0 nitrogen and oxygen atoms in total. The lowest BCUT2D eigenvalue weighted by Gasteiger charge is -2.38. The Bertz CT molecular complexity index is 959. The van der Waals surface area contributed by atoms with Crippen molar-refractivity contribution in [1.29, 1.82) is 0 Å². The summed E-state index contributed by atoms with van der Waals surface area (Å²) < 4.78 is 2.24. The summed E-state index contributed by atoms with van der Waals surface area (Å²) >= 11 is 7.42. The zero-order valence-electron chi connectivity index (χ0n) is 14.9. The van der Waals surface area contributed by atoms with Crippen molar-refractivity contribution in [2.45, 2.75) is 25.7 Å². The van der Waals surface area contributed by atoms with E-state index >= 15 is 0 Å². The molecule has 0 aromatic heterocycles. The van der Waals surface area contributed by atoms with E-state index in [1.165, 1.54) is 33.4 Å². The zero-order valence-corrected chi connectivity index (χ0v) is 18.1. The maximum Gasteiger partial charge on any atom is 0.0464 e. The summed E-state index contributed by atoms with van der Waals surface area (Å²) in [5.74, 6) is 0. The minimum atomic E-state index is -0.187. The largest absolute Gasteiger partial charge is 0.0639 e. The summed E-state index contributed by atoms with van der Waals surface area (Å²) in [5.41, 5.74) is 7.80. The Morgan fingerprint density at radius 3 is 1.77 bits per heavy atom. The van der Waals surface area contributed by atoms with Crippen LogP contribution in [-0.4, -0.2) is 0 Å². The van der Waals surface area contributed by atoms with Crippen LogP contribution in [0.2, 0.25) is 0 Å². The van der Waals surface area contributed by atoms with E-state index in [9.17, 15) is 0 Å². The van der Waals surface area contributed by atoms with Gasteiger partial charge < -0.3 is 0 Å². The summed E-state index contributed by atoms with van der Waals surface area (Å²) in [6.45, 7) is 4.52. The molecule has 26 heavy (non-hydrogen) atoms. The Labute approximate surface area is 172 Å². The van der Waals surface area contributed by atoms with Crippen LogP contribution in [0.3, 0.4) is 0 Å². The molecule has 3 aromatic carbocycles. The average Bonchev–Trinajstić information content (AvgIpc) is 2.77. The van der Waals surface area contributed by atoms with Gasteiger partial charge in [0.15, 0.2) is 0 Å². The lowest BCUT2D eigenvalue weighted by atomic mass is 9.65. The van der Waals surface area contributed by atoms with Crippen LogP contribution in [0.15, 0.2) is 69.6 Å². The van der Waals surface area contributed by atoms with Gasteiger partial charge in [-0.15, -0.1) is 0 Å². The van der Waals surface area contributed by atoms with E-state index in [1.54, 1.807) is 0 Å². The van der Waals surface area contributed by atoms with Crippen LogP contribution in [0, 0.1) is 6.92 Å². The van der Waals surface area contributed by atoms with Gasteiger partial charge in [0.1, 0.15) is 0 Å². The second-order valence-electron chi connectivity index (χ2n) is 6.87. The Kier molecular flexibility index (Phi) is 4.66. The van der Waals surface area contributed by atoms with Crippen molar-refractivity contribution in [3.63, 3.8) is 0 Å². The van der Waals surface area contributed by atoms with E-state index in [-0.39, 0.29) is 5.41 Å². The predicted octanol–water partition coefficient (Wildman–Crippen LogP) is 7.75. The summed E-state index contributed by atoms with van der Waals surface area (Å²) in [6, 6.07) is 22.1. The van der Waals surface area contributed by atoms with E-state index in [1.807, 2.05) is 0 Å². The van der Waals surface area contributed by atoms with Crippen molar-refractivity contribution in [3.8, 4) is 0 Å². The zero-order chi connectivity index (χ0) is 18.3. The number of hydrogen-bond donors (Lipinski definition) is 0. The first-order valence-electron chi connectivity index (χ1n) is 8.90. The first kappa shape index (κ1) is 17.8. The lowest BCUT2D eigenvalue weighted by molar-refractivity contribution is 0.588. The molecule has 0 saturated carbocycles. The molecular weight excluding hydrogens is 448 g/mol. The van der Waals surface area contributed by atoms with Gasteiger partial charge in [0.05, 0.1) is 0 Å². The molecule has 0 amide bonds. The van der Waals surface area contributed by atoms with Gasteiger partial charge >= 0.3 is 0 Å². The van der Waals surface area contributed by atoms with Crippen LogP contribution in [0.4, 0.5) is 0 Å². The molecule has 0 heterocycles. The van der Waals surface area contributed by atoms with Crippen molar-refractivity contribution in [1.82, 2.24) is 0 Å². The molecule has 4 rings (SSSR count). The molecule has 2 heteroatoms. The molecule has 1 aliphatic carbocycles. The van der Waals surface area contributed by atoms with Gasteiger partial charge in [-0.2, -0.15) is 0 Å². The maximum atomic E-state index is 3.71. The first-order valence-corrected chi connectivity index (χ1v) is 10.5. The molecule has 0 bridgehead atoms. The molecule has 0 aliphatic heterocycles. The third-order valence-corrected chi connectivity index (χ3v) is 6.51. The molecule has 0 radical (unpaired) electrons. The predicted molar refractivity (Wildman–Crippen MR) is 119 cm³/mol.